The lowest BCUT2D eigenvalue weighted by Crippen LogP contribution is -2.57. The molecule has 1 heterocycles. The minimum absolute atomic E-state index is 0.0101. The molecule has 2 aliphatic carbocycles. The highest BCUT2D eigenvalue weighted by Gasteiger charge is 2.55. The summed E-state index contributed by atoms with van der Waals surface area (Å²) in [5.74, 6) is 0.711. The molecule has 180 valence electrons. The van der Waals surface area contributed by atoms with Crippen LogP contribution in [0.4, 0.5) is 0 Å². The van der Waals surface area contributed by atoms with Crippen LogP contribution in [0.2, 0.25) is 0 Å². The molecule has 3 fully saturated rings. The Morgan fingerprint density at radius 3 is 2.38 bits per heavy atom. The predicted molar refractivity (Wildman–Crippen MR) is 135 cm³/mol. The van der Waals surface area contributed by atoms with E-state index in [0.29, 0.717) is 18.0 Å². The summed E-state index contributed by atoms with van der Waals surface area (Å²) in [7, 11) is 4.43. The first kappa shape index (κ1) is 23.5. The number of hydrogen-bond donors (Lipinski definition) is 1. The molecular weight excluding hydrogens is 420 g/mol. The van der Waals surface area contributed by atoms with Crippen LogP contribution in [0.3, 0.4) is 0 Å². The third-order valence-corrected chi connectivity index (χ3v) is 9.01. The van der Waals surface area contributed by atoms with Crippen LogP contribution in [0.5, 0.6) is 0 Å². The van der Waals surface area contributed by atoms with E-state index in [-0.39, 0.29) is 11.1 Å². The normalized spacial score (nSPS) is 30.5. The van der Waals surface area contributed by atoms with Crippen molar-refractivity contribution in [1.82, 2.24) is 14.7 Å². The summed E-state index contributed by atoms with van der Waals surface area (Å²) in [6.45, 7) is 2.56. The van der Waals surface area contributed by atoms with Crippen LogP contribution < -0.4 is 0 Å². The number of benzene rings is 2. The van der Waals surface area contributed by atoms with Crippen molar-refractivity contribution in [2.45, 2.75) is 68.9 Å². The maximum Gasteiger partial charge on any atom is 0.166 e. The van der Waals surface area contributed by atoms with E-state index in [1.54, 1.807) is 0 Å². The first-order valence-corrected chi connectivity index (χ1v) is 12.9. The molecule has 0 aromatic heterocycles. The second-order valence-corrected chi connectivity index (χ2v) is 11.0. The highest BCUT2D eigenvalue weighted by Crippen LogP contribution is 2.50. The highest BCUT2D eigenvalue weighted by atomic mass is 16.3. The lowest BCUT2D eigenvalue weighted by atomic mass is 9.68. The minimum Gasteiger partial charge on any atom is -0.365 e. The Morgan fingerprint density at radius 2 is 1.76 bits per heavy atom. The molecule has 1 saturated heterocycles. The predicted octanol–water partition coefficient (Wildman–Crippen LogP) is 4.52. The second kappa shape index (κ2) is 9.43. The highest BCUT2D eigenvalue weighted by molar-refractivity contribution is 5.33. The fraction of sp³-hybridized carbons (Fsp3) is 0.552. The van der Waals surface area contributed by atoms with Crippen LogP contribution >= 0.6 is 0 Å². The Hall–Kier alpha value is -2.23. The molecule has 1 spiro atoms. The summed E-state index contributed by atoms with van der Waals surface area (Å²) >= 11 is 0. The molecule has 1 aliphatic heterocycles. The summed E-state index contributed by atoms with van der Waals surface area (Å²) in [6, 6.07) is 21.1. The van der Waals surface area contributed by atoms with Crippen LogP contribution in [-0.2, 0) is 12.1 Å². The zero-order chi connectivity index (χ0) is 23.8. The number of aliphatic hydroxyl groups excluding tert-OH is 1. The Kier molecular flexibility index (Phi) is 6.52. The third-order valence-electron chi connectivity index (χ3n) is 9.01. The molecule has 1 unspecified atom stereocenters. The van der Waals surface area contributed by atoms with Crippen molar-refractivity contribution in [3.63, 3.8) is 0 Å². The average molecular weight is 459 g/mol. The monoisotopic (exact) mass is 458 g/mol. The zero-order valence-corrected chi connectivity index (χ0v) is 20.7. The Morgan fingerprint density at radius 1 is 1.03 bits per heavy atom. The van der Waals surface area contributed by atoms with Crippen molar-refractivity contribution in [2.24, 2.45) is 5.92 Å². The van der Waals surface area contributed by atoms with Crippen LogP contribution in [0.25, 0.3) is 0 Å². The summed E-state index contributed by atoms with van der Waals surface area (Å²) in [4.78, 5) is 7.11. The molecular formula is C29H38N4O. The van der Waals surface area contributed by atoms with E-state index in [4.69, 9.17) is 0 Å². The van der Waals surface area contributed by atoms with Crippen molar-refractivity contribution >= 4 is 0 Å². The number of rotatable bonds is 6. The van der Waals surface area contributed by atoms with Gasteiger partial charge in [0, 0.05) is 30.7 Å². The van der Waals surface area contributed by atoms with E-state index >= 15 is 0 Å². The molecule has 5 nitrogen and oxygen atoms in total. The van der Waals surface area contributed by atoms with Gasteiger partial charge in [-0.1, -0.05) is 48.9 Å². The van der Waals surface area contributed by atoms with E-state index in [9.17, 15) is 10.4 Å². The molecule has 3 aliphatic rings. The standard InChI is InChI=1S/C29H38N4O/c1-31(2)29(26-12-4-3-5-13-26)16-14-28(15-17-29)22-32(20-25-11-7-10-24(18-25)19-30)27(34)33(28)21-23-8-6-9-23/h3-5,7,10-13,18,23,27,34H,6,8-9,14-17,20-22H2,1-2H3/t27?,28-,29+. The van der Waals surface area contributed by atoms with Gasteiger partial charge in [-0.2, -0.15) is 5.26 Å². The Labute approximate surface area is 204 Å². The molecule has 2 aromatic carbocycles. The SMILES string of the molecule is CN(C)[C@]1(c2ccccc2)CC[C@]2(CC1)CN(Cc1cccc(C#N)c1)C(O)N2CC1CCC1. The number of nitriles is 1. The van der Waals surface area contributed by atoms with E-state index in [2.05, 4.69) is 71.3 Å². The largest absolute Gasteiger partial charge is 0.365 e. The quantitative estimate of drug-likeness (QED) is 0.690. The average Bonchev–Trinajstić information content (AvgIpc) is 3.07. The van der Waals surface area contributed by atoms with Gasteiger partial charge in [0.2, 0.25) is 0 Å². The van der Waals surface area contributed by atoms with Gasteiger partial charge in [0.15, 0.2) is 6.35 Å². The molecule has 5 heteroatoms. The Bertz CT molecular complexity index is 1020. The van der Waals surface area contributed by atoms with Crippen LogP contribution in [0.1, 0.15) is 61.6 Å². The van der Waals surface area contributed by atoms with Gasteiger partial charge in [-0.3, -0.25) is 14.7 Å². The van der Waals surface area contributed by atoms with E-state index < -0.39 is 6.35 Å². The molecule has 2 saturated carbocycles. The van der Waals surface area contributed by atoms with E-state index in [0.717, 1.165) is 44.3 Å². The van der Waals surface area contributed by atoms with E-state index in [1.165, 1.54) is 24.8 Å². The van der Waals surface area contributed by atoms with Crippen LogP contribution in [-0.4, -0.2) is 58.9 Å². The van der Waals surface area contributed by atoms with Gasteiger partial charge in [0.1, 0.15) is 0 Å². The van der Waals surface area contributed by atoms with Crippen molar-refractivity contribution < 1.29 is 5.11 Å². The molecule has 1 atom stereocenters. The topological polar surface area (TPSA) is 53.7 Å². The smallest absolute Gasteiger partial charge is 0.166 e. The Balaban J connectivity index is 1.40. The summed E-state index contributed by atoms with van der Waals surface area (Å²) in [5.41, 5.74) is 3.25. The minimum atomic E-state index is -0.560. The molecule has 0 bridgehead atoms. The molecule has 2 aromatic rings. The fourth-order valence-corrected chi connectivity index (χ4v) is 6.66. The zero-order valence-electron chi connectivity index (χ0n) is 20.7. The number of hydrogen-bond acceptors (Lipinski definition) is 5. The van der Waals surface area contributed by atoms with E-state index in [1.807, 2.05) is 18.2 Å². The first-order valence-electron chi connectivity index (χ1n) is 12.9. The molecule has 1 N–H and O–H groups in total. The van der Waals surface area contributed by atoms with Crippen molar-refractivity contribution in [1.29, 1.82) is 5.26 Å². The van der Waals surface area contributed by atoms with Crippen LogP contribution in [0.15, 0.2) is 54.6 Å². The number of nitrogens with zero attached hydrogens (tertiary/aromatic N) is 4. The second-order valence-electron chi connectivity index (χ2n) is 11.0. The van der Waals surface area contributed by atoms with Crippen molar-refractivity contribution in [2.75, 3.05) is 27.2 Å². The van der Waals surface area contributed by atoms with Gasteiger partial charge in [-0.15, -0.1) is 0 Å². The maximum absolute atomic E-state index is 11.6. The lowest BCUT2D eigenvalue weighted by molar-refractivity contribution is -0.104. The third kappa shape index (κ3) is 4.18. The summed E-state index contributed by atoms with van der Waals surface area (Å²) in [5, 5.41) is 20.9. The van der Waals surface area contributed by atoms with Gasteiger partial charge in [0.25, 0.3) is 0 Å². The van der Waals surface area contributed by atoms with Gasteiger partial charge in [0.05, 0.1) is 11.6 Å². The van der Waals surface area contributed by atoms with Gasteiger partial charge < -0.3 is 5.11 Å². The molecule has 34 heavy (non-hydrogen) atoms. The first-order chi connectivity index (χ1) is 16.5. The fourth-order valence-electron chi connectivity index (χ4n) is 6.66. The summed E-state index contributed by atoms with van der Waals surface area (Å²) in [6.07, 6.45) is 7.69. The van der Waals surface area contributed by atoms with Gasteiger partial charge >= 0.3 is 0 Å². The van der Waals surface area contributed by atoms with Crippen LogP contribution in [0, 0.1) is 17.2 Å². The summed E-state index contributed by atoms with van der Waals surface area (Å²) < 4.78 is 0. The van der Waals surface area contributed by atoms with Crippen molar-refractivity contribution in [3.8, 4) is 6.07 Å². The number of aliphatic hydroxyl groups is 1. The molecule has 0 radical (unpaired) electrons. The van der Waals surface area contributed by atoms with Gasteiger partial charge in [-0.05, 0) is 81.8 Å². The lowest BCUT2D eigenvalue weighted by Gasteiger charge is -2.52. The maximum atomic E-state index is 11.6. The molecule has 5 rings (SSSR count). The van der Waals surface area contributed by atoms with Crippen molar-refractivity contribution in [3.05, 3.63) is 71.3 Å². The molecule has 0 amide bonds. The van der Waals surface area contributed by atoms with Gasteiger partial charge in [-0.25, -0.2) is 0 Å².